The molecule has 3 heteroatoms. The molecule has 0 aliphatic carbocycles. The summed E-state index contributed by atoms with van der Waals surface area (Å²) in [5.41, 5.74) is 8.96. The maximum atomic E-state index is 6.29. The number of rotatable bonds is 4. The summed E-state index contributed by atoms with van der Waals surface area (Å²) in [7, 11) is 0. The molecule has 2 N–H and O–H groups in total. The molecule has 20 heavy (non-hydrogen) atoms. The maximum Gasteiger partial charge on any atom is 0.0576 e. The smallest absolute Gasteiger partial charge is 0.0576 e. The highest BCUT2D eigenvalue weighted by molar-refractivity contribution is 5.55. The van der Waals surface area contributed by atoms with Gasteiger partial charge in [0.25, 0.3) is 0 Å². The average Bonchev–Trinajstić information content (AvgIpc) is 2.93. The van der Waals surface area contributed by atoms with Crippen molar-refractivity contribution in [3.8, 4) is 0 Å². The van der Waals surface area contributed by atoms with Gasteiger partial charge in [-0.25, -0.2) is 0 Å². The first-order chi connectivity index (χ1) is 9.84. The molecule has 2 aliphatic heterocycles. The SMILES string of the molecule is NC1CCCN(CCCC2CCCO2)c2ccccc21. The molecular weight excluding hydrogens is 248 g/mol. The fourth-order valence-electron chi connectivity index (χ4n) is 3.48. The van der Waals surface area contributed by atoms with Gasteiger partial charge in [-0.3, -0.25) is 0 Å². The zero-order chi connectivity index (χ0) is 13.8. The van der Waals surface area contributed by atoms with Crippen molar-refractivity contribution in [1.82, 2.24) is 0 Å². The highest BCUT2D eigenvalue weighted by atomic mass is 16.5. The van der Waals surface area contributed by atoms with E-state index in [2.05, 4.69) is 29.2 Å². The van der Waals surface area contributed by atoms with Gasteiger partial charge in [-0.05, 0) is 50.2 Å². The normalized spacial score (nSPS) is 26.4. The Hall–Kier alpha value is -1.06. The van der Waals surface area contributed by atoms with Crippen LogP contribution in [0, 0.1) is 0 Å². The van der Waals surface area contributed by atoms with Crippen molar-refractivity contribution in [3.63, 3.8) is 0 Å². The Morgan fingerprint density at radius 1 is 1.20 bits per heavy atom. The van der Waals surface area contributed by atoms with Crippen LogP contribution in [0.1, 0.15) is 50.1 Å². The molecule has 0 saturated carbocycles. The van der Waals surface area contributed by atoms with Gasteiger partial charge < -0.3 is 15.4 Å². The molecule has 1 fully saturated rings. The van der Waals surface area contributed by atoms with Gasteiger partial charge in [0.1, 0.15) is 0 Å². The second-order valence-electron chi connectivity index (χ2n) is 6.07. The number of hydrogen-bond donors (Lipinski definition) is 1. The number of anilines is 1. The molecule has 2 heterocycles. The number of fused-ring (bicyclic) bond motifs is 1. The third-order valence-electron chi connectivity index (χ3n) is 4.60. The zero-order valence-electron chi connectivity index (χ0n) is 12.3. The Morgan fingerprint density at radius 3 is 2.95 bits per heavy atom. The molecule has 0 amide bonds. The van der Waals surface area contributed by atoms with E-state index in [9.17, 15) is 0 Å². The van der Waals surface area contributed by atoms with E-state index in [1.807, 2.05) is 0 Å². The minimum atomic E-state index is 0.203. The van der Waals surface area contributed by atoms with Crippen LogP contribution in [0.2, 0.25) is 0 Å². The lowest BCUT2D eigenvalue weighted by atomic mass is 10.0. The summed E-state index contributed by atoms with van der Waals surface area (Å²) in [4.78, 5) is 2.52. The minimum Gasteiger partial charge on any atom is -0.378 e. The third kappa shape index (κ3) is 3.15. The van der Waals surface area contributed by atoms with Crippen LogP contribution in [0.15, 0.2) is 24.3 Å². The average molecular weight is 274 g/mol. The van der Waals surface area contributed by atoms with E-state index in [0.29, 0.717) is 6.10 Å². The molecule has 0 radical (unpaired) electrons. The first-order valence-electron chi connectivity index (χ1n) is 8.05. The van der Waals surface area contributed by atoms with Crippen LogP contribution < -0.4 is 10.6 Å². The maximum absolute atomic E-state index is 6.29. The lowest BCUT2D eigenvalue weighted by Crippen LogP contribution is -2.26. The van der Waals surface area contributed by atoms with Crippen molar-refractivity contribution in [2.24, 2.45) is 5.73 Å². The molecule has 0 spiro atoms. The predicted octanol–water partition coefficient (Wildman–Crippen LogP) is 3.25. The topological polar surface area (TPSA) is 38.5 Å². The van der Waals surface area contributed by atoms with Crippen LogP contribution in [0.5, 0.6) is 0 Å². The lowest BCUT2D eigenvalue weighted by Gasteiger charge is -2.26. The lowest BCUT2D eigenvalue weighted by molar-refractivity contribution is 0.103. The van der Waals surface area contributed by atoms with Crippen LogP contribution in [0.3, 0.4) is 0 Å². The highest BCUT2D eigenvalue weighted by Crippen LogP contribution is 2.31. The van der Waals surface area contributed by atoms with Gasteiger partial charge in [0, 0.05) is 31.4 Å². The van der Waals surface area contributed by atoms with Crippen LogP contribution in [0.4, 0.5) is 5.69 Å². The number of para-hydroxylation sites is 1. The van der Waals surface area contributed by atoms with E-state index in [0.717, 1.165) is 26.1 Å². The molecule has 2 aliphatic rings. The first-order valence-corrected chi connectivity index (χ1v) is 8.05. The number of hydrogen-bond acceptors (Lipinski definition) is 3. The van der Waals surface area contributed by atoms with E-state index < -0.39 is 0 Å². The van der Waals surface area contributed by atoms with Crippen molar-refractivity contribution in [1.29, 1.82) is 0 Å². The van der Waals surface area contributed by atoms with Gasteiger partial charge >= 0.3 is 0 Å². The van der Waals surface area contributed by atoms with E-state index in [4.69, 9.17) is 10.5 Å². The molecular formula is C17H26N2O. The van der Waals surface area contributed by atoms with Gasteiger partial charge in [0.2, 0.25) is 0 Å². The Balaban J connectivity index is 1.61. The van der Waals surface area contributed by atoms with Gasteiger partial charge in [0.15, 0.2) is 0 Å². The molecule has 1 aromatic carbocycles. The second-order valence-corrected chi connectivity index (χ2v) is 6.07. The second kappa shape index (κ2) is 6.59. The number of nitrogens with zero attached hydrogens (tertiary/aromatic N) is 1. The molecule has 2 unspecified atom stereocenters. The summed E-state index contributed by atoms with van der Waals surface area (Å²) >= 11 is 0. The Bertz CT molecular complexity index is 429. The summed E-state index contributed by atoms with van der Waals surface area (Å²) in [6.45, 7) is 3.23. The van der Waals surface area contributed by atoms with Gasteiger partial charge in [-0.15, -0.1) is 0 Å². The number of ether oxygens (including phenoxy) is 1. The first kappa shape index (κ1) is 13.9. The Morgan fingerprint density at radius 2 is 2.10 bits per heavy atom. The predicted molar refractivity (Wildman–Crippen MR) is 83.0 cm³/mol. The van der Waals surface area contributed by atoms with Crippen molar-refractivity contribution >= 4 is 5.69 Å². The van der Waals surface area contributed by atoms with Crippen LogP contribution >= 0.6 is 0 Å². The van der Waals surface area contributed by atoms with E-state index in [1.54, 1.807) is 0 Å². The zero-order valence-corrected chi connectivity index (χ0v) is 12.3. The highest BCUT2D eigenvalue weighted by Gasteiger charge is 2.20. The Kier molecular flexibility index (Phi) is 4.58. The standard InChI is InChI=1S/C17H26N2O/c18-16-9-4-12-19(17-10-2-1-8-15(16)17)11-3-6-14-7-5-13-20-14/h1-2,8,10,14,16H,3-7,9,11-13,18H2. The molecule has 0 aromatic heterocycles. The fraction of sp³-hybridized carbons (Fsp3) is 0.647. The number of benzene rings is 1. The molecule has 3 nitrogen and oxygen atoms in total. The van der Waals surface area contributed by atoms with Crippen LogP contribution in [-0.4, -0.2) is 25.8 Å². The summed E-state index contributed by atoms with van der Waals surface area (Å²) in [6, 6.07) is 8.86. The van der Waals surface area contributed by atoms with Crippen molar-refractivity contribution < 1.29 is 4.74 Å². The fourth-order valence-corrected chi connectivity index (χ4v) is 3.48. The molecule has 1 saturated heterocycles. The van der Waals surface area contributed by atoms with Crippen LogP contribution in [-0.2, 0) is 4.74 Å². The van der Waals surface area contributed by atoms with Gasteiger partial charge in [-0.2, -0.15) is 0 Å². The third-order valence-corrected chi connectivity index (χ3v) is 4.60. The molecule has 3 rings (SSSR count). The molecule has 0 bridgehead atoms. The molecule has 1 aromatic rings. The van der Waals surface area contributed by atoms with Crippen molar-refractivity contribution in [2.45, 2.75) is 50.7 Å². The quantitative estimate of drug-likeness (QED) is 0.916. The van der Waals surface area contributed by atoms with E-state index in [-0.39, 0.29) is 6.04 Å². The molecule has 2 atom stereocenters. The Labute approximate surface area is 122 Å². The summed E-state index contributed by atoms with van der Waals surface area (Å²) in [6.07, 6.45) is 7.71. The van der Waals surface area contributed by atoms with E-state index in [1.165, 1.54) is 43.4 Å². The largest absolute Gasteiger partial charge is 0.378 e. The summed E-state index contributed by atoms with van der Waals surface area (Å²) in [5.74, 6) is 0. The van der Waals surface area contributed by atoms with Gasteiger partial charge in [-0.1, -0.05) is 18.2 Å². The van der Waals surface area contributed by atoms with E-state index >= 15 is 0 Å². The summed E-state index contributed by atoms with van der Waals surface area (Å²) in [5, 5.41) is 0. The minimum absolute atomic E-state index is 0.203. The van der Waals surface area contributed by atoms with Gasteiger partial charge in [0.05, 0.1) is 6.10 Å². The number of nitrogens with two attached hydrogens (primary N) is 1. The van der Waals surface area contributed by atoms with Crippen molar-refractivity contribution in [3.05, 3.63) is 29.8 Å². The van der Waals surface area contributed by atoms with Crippen molar-refractivity contribution in [2.75, 3.05) is 24.6 Å². The molecule has 110 valence electrons. The monoisotopic (exact) mass is 274 g/mol. The van der Waals surface area contributed by atoms with Crippen LogP contribution in [0.25, 0.3) is 0 Å². The summed E-state index contributed by atoms with van der Waals surface area (Å²) < 4.78 is 5.72.